The molecule has 2 aliphatic heterocycles. The van der Waals surface area contributed by atoms with E-state index in [1.807, 2.05) is 56.3 Å². The van der Waals surface area contributed by atoms with Gasteiger partial charge in [0.25, 0.3) is 0 Å². The number of benzene rings is 2. The highest BCUT2D eigenvalue weighted by molar-refractivity contribution is 6.30. The second-order valence-corrected chi connectivity index (χ2v) is 9.70. The molecule has 4 rings (SSSR count). The van der Waals surface area contributed by atoms with Gasteiger partial charge in [-0.2, -0.15) is 0 Å². The Labute approximate surface area is 211 Å². The summed E-state index contributed by atoms with van der Waals surface area (Å²) in [6, 6.07) is 12.8. The fourth-order valence-corrected chi connectivity index (χ4v) is 4.87. The lowest BCUT2D eigenvalue weighted by molar-refractivity contribution is -0.145. The maximum Gasteiger partial charge on any atom is 0.243 e. The third-order valence-electron chi connectivity index (χ3n) is 6.46. The number of aryl methyl sites for hydroxylation is 2. The molecule has 35 heavy (non-hydrogen) atoms. The summed E-state index contributed by atoms with van der Waals surface area (Å²) in [4.78, 5) is 44.5. The first-order valence-electron chi connectivity index (χ1n) is 12.0. The van der Waals surface area contributed by atoms with Crippen molar-refractivity contribution < 1.29 is 14.4 Å². The van der Waals surface area contributed by atoms with Crippen LogP contribution in [0.25, 0.3) is 0 Å². The van der Waals surface area contributed by atoms with Gasteiger partial charge in [-0.25, -0.2) is 0 Å². The summed E-state index contributed by atoms with van der Waals surface area (Å²) in [6.45, 7) is 8.05. The average Bonchev–Trinajstić information content (AvgIpc) is 2.80. The summed E-state index contributed by atoms with van der Waals surface area (Å²) in [5.41, 5.74) is 3.90. The van der Waals surface area contributed by atoms with Crippen LogP contribution in [0.3, 0.4) is 0 Å². The summed E-state index contributed by atoms with van der Waals surface area (Å²) in [5, 5.41) is 6.38. The molecule has 8 nitrogen and oxygen atoms in total. The molecule has 0 aliphatic carbocycles. The fraction of sp³-hybridized carbons (Fsp3) is 0.423. The van der Waals surface area contributed by atoms with Crippen molar-refractivity contribution in [2.45, 2.75) is 26.3 Å². The van der Waals surface area contributed by atoms with Crippen LogP contribution in [-0.2, 0) is 14.4 Å². The highest BCUT2D eigenvalue weighted by atomic mass is 35.5. The number of hydrogen-bond donors (Lipinski definition) is 2. The van der Waals surface area contributed by atoms with Gasteiger partial charge in [0, 0.05) is 55.7 Å². The zero-order valence-electron chi connectivity index (χ0n) is 20.2. The maximum absolute atomic E-state index is 13.2. The van der Waals surface area contributed by atoms with Crippen molar-refractivity contribution >= 4 is 40.7 Å². The van der Waals surface area contributed by atoms with E-state index in [4.69, 9.17) is 11.6 Å². The lowest BCUT2D eigenvalue weighted by Gasteiger charge is -2.39. The number of rotatable bonds is 6. The lowest BCUT2D eigenvalue weighted by atomic mass is 10.1. The highest BCUT2D eigenvalue weighted by Gasteiger charge is 2.35. The molecule has 186 valence electrons. The maximum atomic E-state index is 13.2. The summed E-state index contributed by atoms with van der Waals surface area (Å²) in [6.07, 6.45) is -0.0745. The van der Waals surface area contributed by atoms with Crippen LogP contribution in [-0.4, -0.2) is 79.4 Å². The van der Waals surface area contributed by atoms with Gasteiger partial charge < -0.3 is 20.4 Å². The van der Waals surface area contributed by atoms with Crippen LogP contribution in [0.5, 0.6) is 0 Å². The second-order valence-electron chi connectivity index (χ2n) is 9.26. The van der Waals surface area contributed by atoms with E-state index in [1.54, 1.807) is 4.90 Å². The van der Waals surface area contributed by atoms with Crippen LogP contribution in [0.4, 0.5) is 11.4 Å². The standard InChI is InChI=1S/C26H32ClN5O3/c1-18-13-19(2)15-21(14-18)29-24(33)16-23-26(35)28-7-8-32(23)25(34)17-30-9-11-31(12-10-30)22-5-3-20(27)4-6-22/h3-6,13-15,23H,7-12,16-17H2,1-2H3,(H,28,35)(H,29,33)/t23-/m0/s1. The first kappa shape index (κ1) is 25.0. The van der Waals surface area contributed by atoms with Crippen LogP contribution in [0.2, 0.25) is 5.02 Å². The molecule has 0 saturated carbocycles. The Morgan fingerprint density at radius 1 is 1.00 bits per heavy atom. The van der Waals surface area contributed by atoms with Crippen LogP contribution >= 0.6 is 11.6 Å². The number of amides is 3. The second kappa shape index (κ2) is 11.1. The number of nitrogens with one attached hydrogen (secondary N) is 2. The molecule has 0 unspecified atom stereocenters. The molecule has 3 amide bonds. The minimum Gasteiger partial charge on any atom is -0.369 e. The predicted molar refractivity (Wildman–Crippen MR) is 138 cm³/mol. The zero-order valence-corrected chi connectivity index (χ0v) is 21.0. The van der Waals surface area contributed by atoms with Gasteiger partial charge in [-0.15, -0.1) is 0 Å². The van der Waals surface area contributed by atoms with Gasteiger partial charge in [0.2, 0.25) is 17.7 Å². The molecule has 2 saturated heterocycles. The van der Waals surface area contributed by atoms with Gasteiger partial charge in [0.1, 0.15) is 6.04 Å². The van der Waals surface area contributed by atoms with Crippen molar-refractivity contribution in [1.82, 2.24) is 15.1 Å². The number of anilines is 2. The number of carbonyl (C=O) groups is 3. The Kier molecular flexibility index (Phi) is 7.93. The summed E-state index contributed by atoms with van der Waals surface area (Å²) in [5.74, 6) is -0.692. The number of hydrogen-bond acceptors (Lipinski definition) is 5. The van der Waals surface area contributed by atoms with Gasteiger partial charge >= 0.3 is 0 Å². The summed E-state index contributed by atoms with van der Waals surface area (Å²) in [7, 11) is 0. The number of carbonyl (C=O) groups excluding carboxylic acids is 3. The minimum atomic E-state index is -0.808. The lowest BCUT2D eigenvalue weighted by Crippen LogP contribution is -2.60. The van der Waals surface area contributed by atoms with E-state index in [0.717, 1.165) is 43.0 Å². The van der Waals surface area contributed by atoms with Crippen molar-refractivity contribution in [3.8, 4) is 0 Å². The molecule has 2 aromatic carbocycles. The van der Waals surface area contributed by atoms with E-state index in [0.29, 0.717) is 23.8 Å². The quantitative estimate of drug-likeness (QED) is 0.640. The molecule has 1 atom stereocenters. The van der Waals surface area contributed by atoms with Crippen LogP contribution in [0, 0.1) is 13.8 Å². The minimum absolute atomic E-state index is 0.0745. The summed E-state index contributed by atoms with van der Waals surface area (Å²) >= 11 is 5.99. The molecule has 0 aromatic heterocycles. The third kappa shape index (κ3) is 6.52. The summed E-state index contributed by atoms with van der Waals surface area (Å²) < 4.78 is 0. The van der Waals surface area contributed by atoms with Crippen molar-refractivity contribution in [2.24, 2.45) is 0 Å². The Morgan fingerprint density at radius 3 is 2.31 bits per heavy atom. The first-order chi connectivity index (χ1) is 16.8. The Balaban J connectivity index is 1.33. The molecular formula is C26H32ClN5O3. The highest BCUT2D eigenvalue weighted by Crippen LogP contribution is 2.20. The Bertz CT molecular complexity index is 1060. The number of halogens is 1. The first-order valence-corrected chi connectivity index (χ1v) is 12.3. The SMILES string of the molecule is Cc1cc(C)cc(NC(=O)C[C@H]2C(=O)NCCN2C(=O)CN2CCN(c3ccc(Cl)cc3)CC2)c1. The van der Waals surface area contributed by atoms with E-state index < -0.39 is 6.04 Å². The molecule has 2 N–H and O–H groups in total. The van der Waals surface area contributed by atoms with Crippen molar-refractivity contribution in [1.29, 1.82) is 0 Å². The molecule has 9 heteroatoms. The van der Waals surface area contributed by atoms with E-state index in [2.05, 4.69) is 20.4 Å². The van der Waals surface area contributed by atoms with Gasteiger partial charge in [0.05, 0.1) is 13.0 Å². The topological polar surface area (TPSA) is 85.0 Å². The van der Waals surface area contributed by atoms with Crippen molar-refractivity contribution in [3.63, 3.8) is 0 Å². The van der Waals surface area contributed by atoms with Crippen LogP contribution in [0.1, 0.15) is 17.5 Å². The normalized spacial score (nSPS) is 18.8. The number of nitrogens with zero attached hydrogens (tertiary/aromatic N) is 3. The predicted octanol–water partition coefficient (Wildman–Crippen LogP) is 2.43. The van der Waals surface area contributed by atoms with E-state index in [9.17, 15) is 14.4 Å². The van der Waals surface area contributed by atoms with Crippen molar-refractivity contribution in [2.75, 3.05) is 56.0 Å². The zero-order chi connectivity index (χ0) is 24.9. The van der Waals surface area contributed by atoms with Gasteiger partial charge in [-0.1, -0.05) is 17.7 Å². The fourth-order valence-electron chi connectivity index (χ4n) is 4.75. The van der Waals surface area contributed by atoms with Gasteiger partial charge in [0.15, 0.2) is 0 Å². The smallest absolute Gasteiger partial charge is 0.243 e. The molecule has 2 heterocycles. The molecule has 0 bridgehead atoms. The van der Waals surface area contributed by atoms with E-state index in [1.165, 1.54) is 0 Å². The molecule has 2 fully saturated rings. The third-order valence-corrected chi connectivity index (χ3v) is 6.71. The monoisotopic (exact) mass is 497 g/mol. The molecule has 2 aliphatic rings. The number of piperazine rings is 2. The molecule has 0 spiro atoms. The van der Waals surface area contributed by atoms with Gasteiger partial charge in [-0.3, -0.25) is 19.3 Å². The Morgan fingerprint density at radius 2 is 1.66 bits per heavy atom. The van der Waals surface area contributed by atoms with E-state index in [-0.39, 0.29) is 30.7 Å². The van der Waals surface area contributed by atoms with E-state index >= 15 is 0 Å². The largest absolute Gasteiger partial charge is 0.369 e. The molecule has 2 aromatic rings. The van der Waals surface area contributed by atoms with Crippen molar-refractivity contribution in [3.05, 3.63) is 58.6 Å². The molecule has 0 radical (unpaired) electrons. The molecular weight excluding hydrogens is 466 g/mol. The van der Waals surface area contributed by atoms with Crippen LogP contribution < -0.4 is 15.5 Å². The van der Waals surface area contributed by atoms with Gasteiger partial charge in [-0.05, 0) is 61.4 Å². The average molecular weight is 498 g/mol. The van der Waals surface area contributed by atoms with Crippen LogP contribution in [0.15, 0.2) is 42.5 Å². The Hall–Kier alpha value is -3.10.